The summed E-state index contributed by atoms with van der Waals surface area (Å²) in [6, 6.07) is 4.01. The van der Waals surface area contributed by atoms with E-state index in [0.29, 0.717) is 36.3 Å². The molecule has 0 spiro atoms. The van der Waals surface area contributed by atoms with Crippen LogP contribution >= 0.6 is 0 Å². The fourth-order valence-corrected chi connectivity index (χ4v) is 4.71. The van der Waals surface area contributed by atoms with Gasteiger partial charge in [-0.2, -0.15) is 0 Å². The number of alkyl halides is 3. The Morgan fingerprint density at radius 3 is 2.50 bits per heavy atom. The molecule has 0 atom stereocenters. The van der Waals surface area contributed by atoms with Crippen molar-refractivity contribution >= 4 is 9.84 Å². The van der Waals surface area contributed by atoms with E-state index < -0.39 is 27.7 Å². The van der Waals surface area contributed by atoms with Gasteiger partial charge in [-0.1, -0.05) is 11.6 Å². The molecule has 0 radical (unpaired) electrons. The summed E-state index contributed by atoms with van der Waals surface area (Å²) in [5.74, 6) is -1.16. The number of rotatable bonds is 6. The maximum Gasteiger partial charge on any atom is 0.573 e. The second kappa shape index (κ2) is 7.92. The Labute approximate surface area is 174 Å². The molecule has 0 amide bonds. The summed E-state index contributed by atoms with van der Waals surface area (Å²) in [5.41, 5.74) is 2.69. The normalized spacial score (nSPS) is 18.4. The number of hydrogen-bond acceptors (Lipinski definition) is 5. The van der Waals surface area contributed by atoms with Gasteiger partial charge in [0.15, 0.2) is 21.3 Å². The lowest BCUT2D eigenvalue weighted by atomic mass is 9.93. The molecule has 0 saturated carbocycles. The highest BCUT2D eigenvalue weighted by Gasteiger charge is 2.35. The standard InChI is InChI=1S/C21H26F3NO4S/c1-20(2,9-8-14-4-7-18(26)19(10-14)29-21(22,23)24)25-12-15-5-6-17(30(3,27)28)11-16(15)13-25/h4,7,10-11,26H,5-6,8-9,12-13H2,1-3H3. The van der Waals surface area contributed by atoms with E-state index in [9.17, 15) is 26.7 Å². The van der Waals surface area contributed by atoms with Gasteiger partial charge >= 0.3 is 6.36 Å². The average Bonchev–Trinajstić information content (AvgIpc) is 3.05. The second-order valence-corrected chi connectivity index (χ2v) is 10.6. The van der Waals surface area contributed by atoms with Crippen LogP contribution in [-0.4, -0.2) is 49.7 Å². The van der Waals surface area contributed by atoms with E-state index >= 15 is 0 Å². The maximum absolute atomic E-state index is 12.5. The molecule has 0 saturated heterocycles. The van der Waals surface area contributed by atoms with Crippen LogP contribution in [0.3, 0.4) is 0 Å². The molecule has 1 heterocycles. The number of ether oxygens (including phenoxy) is 1. The van der Waals surface area contributed by atoms with Crippen molar-refractivity contribution in [2.24, 2.45) is 0 Å². The van der Waals surface area contributed by atoms with Gasteiger partial charge in [0.1, 0.15) is 0 Å². The summed E-state index contributed by atoms with van der Waals surface area (Å²) in [7, 11) is -3.19. The zero-order valence-electron chi connectivity index (χ0n) is 17.2. The van der Waals surface area contributed by atoms with Gasteiger partial charge in [-0.3, -0.25) is 4.90 Å². The fraction of sp³-hybridized carbons (Fsp3) is 0.524. The number of benzene rings is 1. The van der Waals surface area contributed by atoms with Crippen LogP contribution in [0.5, 0.6) is 11.5 Å². The van der Waals surface area contributed by atoms with Crippen LogP contribution in [0.25, 0.3) is 0 Å². The molecule has 1 aromatic carbocycles. The number of phenols is 1. The van der Waals surface area contributed by atoms with Crippen LogP contribution in [0.15, 0.2) is 40.3 Å². The van der Waals surface area contributed by atoms with E-state index in [1.54, 1.807) is 12.1 Å². The number of hydrogen-bond donors (Lipinski definition) is 1. The van der Waals surface area contributed by atoms with E-state index in [0.717, 1.165) is 18.5 Å². The Hall–Kier alpha value is -2.00. The first kappa shape index (κ1) is 22.7. The fourth-order valence-electron chi connectivity index (χ4n) is 3.88. The van der Waals surface area contributed by atoms with Crippen molar-refractivity contribution in [2.45, 2.75) is 51.4 Å². The minimum atomic E-state index is -4.87. The highest BCUT2D eigenvalue weighted by Crippen LogP contribution is 2.37. The number of halogens is 3. The van der Waals surface area contributed by atoms with E-state index in [4.69, 9.17) is 0 Å². The van der Waals surface area contributed by atoms with Crippen molar-refractivity contribution in [2.75, 3.05) is 19.3 Å². The lowest BCUT2D eigenvalue weighted by molar-refractivity contribution is -0.275. The van der Waals surface area contributed by atoms with E-state index in [-0.39, 0.29) is 5.54 Å². The summed E-state index contributed by atoms with van der Waals surface area (Å²) in [6.07, 6.45) is 0.603. The number of aromatic hydroxyl groups is 1. The van der Waals surface area contributed by atoms with Crippen molar-refractivity contribution in [3.05, 3.63) is 45.9 Å². The van der Waals surface area contributed by atoms with Gasteiger partial charge in [0, 0.05) is 29.8 Å². The summed E-state index contributed by atoms with van der Waals surface area (Å²) in [4.78, 5) is 2.75. The third-order valence-electron chi connectivity index (χ3n) is 5.81. The number of aryl methyl sites for hydroxylation is 1. The Bertz CT molecular complexity index is 994. The van der Waals surface area contributed by atoms with Crippen molar-refractivity contribution < 1.29 is 31.4 Å². The smallest absolute Gasteiger partial charge is 0.504 e. The Morgan fingerprint density at radius 2 is 1.87 bits per heavy atom. The largest absolute Gasteiger partial charge is 0.573 e. The molecule has 3 rings (SSSR count). The van der Waals surface area contributed by atoms with Gasteiger partial charge in [-0.25, -0.2) is 8.42 Å². The molecule has 0 unspecified atom stereocenters. The Balaban J connectivity index is 1.66. The number of sulfone groups is 1. The maximum atomic E-state index is 12.5. The van der Waals surface area contributed by atoms with Crippen LogP contribution in [0.1, 0.15) is 38.7 Å². The summed E-state index contributed by atoms with van der Waals surface area (Å²) >= 11 is 0. The molecule has 30 heavy (non-hydrogen) atoms. The summed E-state index contributed by atoms with van der Waals surface area (Å²) < 4.78 is 65.1. The third kappa shape index (κ3) is 5.37. The highest BCUT2D eigenvalue weighted by atomic mass is 32.2. The summed E-state index contributed by atoms with van der Waals surface area (Å²) in [6.45, 7) is 5.55. The third-order valence-corrected chi connectivity index (χ3v) is 7.09. The van der Waals surface area contributed by atoms with Crippen molar-refractivity contribution in [3.63, 3.8) is 0 Å². The van der Waals surface area contributed by atoms with Crippen LogP contribution in [0.4, 0.5) is 13.2 Å². The quantitative estimate of drug-likeness (QED) is 0.706. The van der Waals surface area contributed by atoms with Gasteiger partial charge in [0.2, 0.25) is 0 Å². The predicted molar refractivity (Wildman–Crippen MR) is 108 cm³/mol. The van der Waals surface area contributed by atoms with Crippen LogP contribution in [-0.2, 0) is 16.3 Å². The van der Waals surface area contributed by atoms with Gasteiger partial charge in [-0.05, 0) is 68.9 Å². The monoisotopic (exact) mass is 445 g/mol. The van der Waals surface area contributed by atoms with Gasteiger partial charge in [-0.15, -0.1) is 13.2 Å². The molecule has 0 bridgehead atoms. The van der Waals surface area contributed by atoms with Crippen molar-refractivity contribution in [1.29, 1.82) is 0 Å². The molecule has 0 aromatic heterocycles. The first-order chi connectivity index (χ1) is 13.7. The van der Waals surface area contributed by atoms with E-state index in [1.807, 2.05) is 0 Å². The van der Waals surface area contributed by atoms with Gasteiger partial charge in [0.25, 0.3) is 0 Å². The molecule has 9 heteroatoms. The first-order valence-electron chi connectivity index (χ1n) is 9.69. The molecular weight excluding hydrogens is 419 g/mol. The van der Waals surface area contributed by atoms with Crippen LogP contribution < -0.4 is 4.74 Å². The molecule has 0 fully saturated rings. The van der Waals surface area contributed by atoms with Crippen LogP contribution in [0, 0.1) is 0 Å². The highest BCUT2D eigenvalue weighted by molar-refractivity contribution is 7.94. The molecular formula is C21H26F3NO4S. The molecule has 1 aliphatic carbocycles. The molecule has 2 aliphatic rings. The van der Waals surface area contributed by atoms with Crippen LogP contribution in [0.2, 0.25) is 0 Å². The Kier molecular flexibility index (Phi) is 5.99. The minimum absolute atomic E-state index is 0.251. The molecule has 5 nitrogen and oxygen atoms in total. The zero-order valence-corrected chi connectivity index (χ0v) is 18.0. The number of phenolic OH excluding ortho intramolecular Hbond substituents is 1. The van der Waals surface area contributed by atoms with E-state index in [2.05, 4.69) is 23.5 Å². The average molecular weight is 446 g/mol. The topological polar surface area (TPSA) is 66.8 Å². The lowest BCUT2D eigenvalue weighted by Crippen LogP contribution is -2.43. The molecule has 1 N–H and O–H groups in total. The SMILES string of the molecule is CC(C)(CCc1ccc(O)c(OC(F)(F)F)c1)N1CC2=C(CCC(S(C)(=O)=O)=C2)C1. The molecule has 1 aromatic rings. The number of nitrogens with zero attached hydrogens (tertiary/aromatic N) is 1. The second-order valence-electron chi connectivity index (χ2n) is 8.53. The van der Waals surface area contributed by atoms with Crippen molar-refractivity contribution in [3.8, 4) is 11.5 Å². The zero-order chi connectivity index (χ0) is 22.3. The predicted octanol–water partition coefficient (Wildman–Crippen LogP) is 4.34. The molecule has 1 aliphatic heterocycles. The lowest BCUT2D eigenvalue weighted by Gasteiger charge is -2.36. The Morgan fingerprint density at radius 1 is 1.17 bits per heavy atom. The number of allylic oxidation sites excluding steroid dienone is 1. The molecule has 166 valence electrons. The first-order valence-corrected chi connectivity index (χ1v) is 11.6. The van der Waals surface area contributed by atoms with E-state index in [1.165, 1.54) is 24.0 Å². The van der Waals surface area contributed by atoms with Gasteiger partial charge < -0.3 is 9.84 Å². The van der Waals surface area contributed by atoms with Gasteiger partial charge in [0.05, 0.1) is 0 Å². The minimum Gasteiger partial charge on any atom is -0.504 e. The summed E-state index contributed by atoms with van der Waals surface area (Å²) in [5, 5.41) is 9.61. The van der Waals surface area contributed by atoms with Crippen molar-refractivity contribution in [1.82, 2.24) is 4.90 Å².